The third-order valence-corrected chi connectivity index (χ3v) is 5.04. The molecule has 2 rings (SSSR count). The lowest BCUT2D eigenvalue weighted by Gasteiger charge is -2.53. The van der Waals surface area contributed by atoms with E-state index in [1.807, 2.05) is 6.92 Å². The van der Waals surface area contributed by atoms with Crippen molar-refractivity contribution in [3.63, 3.8) is 0 Å². The summed E-state index contributed by atoms with van der Waals surface area (Å²) >= 11 is 0. The van der Waals surface area contributed by atoms with Crippen molar-refractivity contribution < 1.29 is 9.90 Å². The lowest BCUT2D eigenvalue weighted by Crippen LogP contribution is -2.47. The summed E-state index contributed by atoms with van der Waals surface area (Å²) in [6.45, 7) is 6.55. The van der Waals surface area contributed by atoms with Crippen molar-refractivity contribution in [3.05, 3.63) is 0 Å². The molecule has 4 unspecified atom stereocenters. The maximum Gasteiger partial charge on any atom is 0.309 e. The van der Waals surface area contributed by atoms with E-state index < -0.39 is 11.4 Å². The first-order valence-corrected chi connectivity index (χ1v) is 7.12. The van der Waals surface area contributed by atoms with E-state index in [4.69, 9.17) is 0 Å². The molecule has 2 nitrogen and oxygen atoms in total. The molecule has 98 valence electrons. The number of hydrogen-bond donors (Lipinski definition) is 1. The second-order valence-corrected chi connectivity index (χ2v) is 7.11. The van der Waals surface area contributed by atoms with Gasteiger partial charge in [0.15, 0.2) is 0 Å². The molecule has 0 aliphatic heterocycles. The van der Waals surface area contributed by atoms with Gasteiger partial charge in [0.1, 0.15) is 0 Å². The van der Waals surface area contributed by atoms with Crippen LogP contribution in [-0.2, 0) is 4.79 Å². The Morgan fingerprint density at radius 2 is 2.06 bits per heavy atom. The quantitative estimate of drug-likeness (QED) is 0.804. The molecule has 0 radical (unpaired) electrons. The summed E-state index contributed by atoms with van der Waals surface area (Å²) in [6.07, 6.45) is 8.00. The Bertz CT molecular complexity index is 308. The molecule has 2 aliphatic carbocycles. The molecule has 0 aromatic carbocycles. The van der Waals surface area contributed by atoms with Crippen LogP contribution in [0.4, 0.5) is 0 Å². The van der Waals surface area contributed by atoms with Crippen LogP contribution in [0.2, 0.25) is 0 Å². The molecule has 2 aliphatic rings. The first-order valence-electron chi connectivity index (χ1n) is 7.12. The van der Waals surface area contributed by atoms with Crippen LogP contribution < -0.4 is 0 Å². The van der Waals surface area contributed by atoms with Crippen LogP contribution in [-0.4, -0.2) is 11.1 Å². The molecule has 0 amide bonds. The number of carbonyl (C=O) groups is 1. The zero-order valence-corrected chi connectivity index (χ0v) is 11.5. The van der Waals surface area contributed by atoms with Gasteiger partial charge in [0.25, 0.3) is 0 Å². The smallest absolute Gasteiger partial charge is 0.309 e. The molecule has 4 atom stereocenters. The van der Waals surface area contributed by atoms with Gasteiger partial charge in [-0.05, 0) is 62.7 Å². The average molecular weight is 238 g/mol. The number of carboxylic acids is 1. The average Bonchev–Trinajstić information content (AvgIpc) is 2.14. The van der Waals surface area contributed by atoms with Crippen molar-refractivity contribution in [2.75, 3.05) is 0 Å². The standard InChI is InChI=1S/C15H26O2/c1-4-5-15-7-11(2)6-12(9-15)8-14(3,10-15)13(16)17/h11-12H,4-10H2,1-3H3,(H,16,17). The van der Waals surface area contributed by atoms with Crippen LogP contribution in [0, 0.1) is 22.7 Å². The largest absolute Gasteiger partial charge is 0.481 e. The first-order chi connectivity index (χ1) is 7.89. The van der Waals surface area contributed by atoms with Crippen LogP contribution in [0.25, 0.3) is 0 Å². The van der Waals surface area contributed by atoms with E-state index in [1.165, 1.54) is 32.1 Å². The fraction of sp³-hybridized carbons (Fsp3) is 0.933. The molecule has 1 N–H and O–H groups in total. The van der Waals surface area contributed by atoms with E-state index in [2.05, 4.69) is 13.8 Å². The summed E-state index contributed by atoms with van der Waals surface area (Å²) in [6, 6.07) is 0. The molecule has 2 fully saturated rings. The minimum absolute atomic E-state index is 0.336. The summed E-state index contributed by atoms with van der Waals surface area (Å²) in [5, 5.41) is 9.50. The van der Waals surface area contributed by atoms with E-state index >= 15 is 0 Å². The normalized spacial score (nSPS) is 45.6. The number of hydrogen-bond acceptors (Lipinski definition) is 1. The van der Waals surface area contributed by atoms with Gasteiger partial charge in [-0.15, -0.1) is 0 Å². The van der Waals surface area contributed by atoms with Crippen LogP contribution in [0.5, 0.6) is 0 Å². The minimum Gasteiger partial charge on any atom is -0.481 e. The highest BCUT2D eigenvalue weighted by Gasteiger charge is 2.52. The zero-order chi connectivity index (χ0) is 12.7. The maximum absolute atomic E-state index is 11.5. The summed E-state index contributed by atoms with van der Waals surface area (Å²) < 4.78 is 0. The van der Waals surface area contributed by atoms with E-state index in [9.17, 15) is 9.90 Å². The Hall–Kier alpha value is -0.530. The highest BCUT2D eigenvalue weighted by atomic mass is 16.4. The van der Waals surface area contributed by atoms with Gasteiger partial charge in [0.2, 0.25) is 0 Å². The van der Waals surface area contributed by atoms with Gasteiger partial charge in [-0.3, -0.25) is 4.79 Å². The summed E-state index contributed by atoms with van der Waals surface area (Å²) in [5.41, 5.74) is -0.124. The third kappa shape index (κ3) is 2.36. The molecular weight excluding hydrogens is 212 g/mol. The van der Waals surface area contributed by atoms with Gasteiger partial charge in [-0.2, -0.15) is 0 Å². The second kappa shape index (κ2) is 4.29. The van der Waals surface area contributed by atoms with Gasteiger partial charge in [0, 0.05) is 0 Å². The van der Waals surface area contributed by atoms with Gasteiger partial charge in [0.05, 0.1) is 5.41 Å². The monoisotopic (exact) mass is 238 g/mol. The molecular formula is C15H26O2. The van der Waals surface area contributed by atoms with Crippen molar-refractivity contribution in [1.29, 1.82) is 0 Å². The fourth-order valence-corrected chi connectivity index (χ4v) is 4.99. The maximum atomic E-state index is 11.5. The highest BCUT2D eigenvalue weighted by molar-refractivity contribution is 5.74. The molecule has 0 aromatic heterocycles. The third-order valence-electron chi connectivity index (χ3n) is 5.04. The van der Waals surface area contributed by atoms with Crippen LogP contribution in [0.3, 0.4) is 0 Å². The Morgan fingerprint density at radius 3 is 2.65 bits per heavy atom. The Balaban J connectivity index is 2.25. The van der Waals surface area contributed by atoms with Crippen molar-refractivity contribution in [1.82, 2.24) is 0 Å². The zero-order valence-electron chi connectivity index (χ0n) is 11.5. The van der Waals surface area contributed by atoms with E-state index in [0.29, 0.717) is 11.3 Å². The molecule has 17 heavy (non-hydrogen) atoms. The molecule has 2 heteroatoms. The highest BCUT2D eigenvalue weighted by Crippen LogP contribution is 2.58. The van der Waals surface area contributed by atoms with Crippen molar-refractivity contribution >= 4 is 5.97 Å². The van der Waals surface area contributed by atoms with Gasteiger partial charge >= 0.3 is 5.97 Å². The lowest BCUT2D eigenvalue weighted by molar-refractivity contribution is -0.157. The SMILES string of the molecule is CCCC12CC(C)CC(C1)CC(C)(C(=O)O)C2. The van der Waals surface area contributed by atoms with Gasteiger partial charge < -0.3 is 5.11 Å². The van der Waals surface area contributed by atoms with Gasteiger partial charge in [-0.1, -0.05) is 20.3 Å². The lowest BCUT2D eigenvalue weighted by atomic mass is 9.51. The Kier molecular flexibility index (Phi) is 3.26. The molecule has 2 saturated carbocycles. The first kappa shape index (κ1) is 12.9. The van der Waals surface area contributed by atoms with Crippen LogP contribution in [0.1, 0.15) is 65.7 Å². The van der Waals surface area contributed by atoms with E-state index in [-0.39, 0.29) is 0 Å². The van der Waals surface area contributed by atoms with Gasteiger partial charge in [-0.25, -0.2) is 0 Å². The summed E-state index contributed by atoms with van der Waals surface area (Å²) in [4.78, 5) is 11.5. The molecule has 0 heterocycles. The van der Waals surface area contributed by atoms with Crippen LogP contribution >= 0.6 is 0 Å². The number of carboxylic acid groups (broad SMARTS) is 1. The number of fused-ring (bicyclic) bond motifs is 2. The Morgan fingerprint density at radius 1 is 1.35 bits per heavy atom. The fourth-order valence-electron chi connectivity index (χ4n) is 4.99. The van der Waals surface area contributed by atoms with Crippen molar-refractivity contribution in [2.24, 2.45) is 22.7 Å². The molecule has 0 spiro atoms. The summed E-state index contributed by atoms with van der Waals surface area (Å²) in [7, 11) is 0. The van der Waals surface area contributed by atoms with E-state index in [1.54, 1.807) is 0 Å². The molecule has 2 bridgehead atoms. The van der Waals surface area contributed by atoms with Crippen molar-refractivity contribution in [2.45, 2.75) is 65.7 Å². The summed E-state index contributed by atoms with van der Waals surface area (Å²) in [5.74, 6) is 0.871. The molecule has 0 saturated heterocycles. The van der Waals surface area contributed by atoms with Crippen molar-refractivity contribution in [3.8, 4) is 0 Å². The molecule has 0 aromatic rings. The Labute approximate surface area is 105 Å². The number of rotatable bonds is 3. The topological polar surface area (TPSA) is 37.3 Å². The van der Waals surface area contributed by atoms with Crippen LogP contribution in [0.15, 0.2) is 0 Å². The minimum atomic E-state index is -0.572. The predicted molar refractivity (Wildman–Crippen MR) is 68.8 cm³/mol. The predicted octanol–water partition coefficient (Wildman–Crippen LogP) is 4.09. The second-order valence-electron chi connectivity index (χ2n) is 7.11. The number of aliphatic carboxylic acids is 1. The van der Waals surface area contributed by atoms with E-state index in [0.717, 1.165) is 18.8 Å².